The standard InChI is InChI=1S/C64H36N8/c1-2-32-22-36-6-10-44(68-36)40-18-28-14-26-16-30-20-42-46-12-8-38(70-46)24-34-4-3-33(66-34)23-37-7-11-45(69-37)41-19-29-15-25-13-27-17-39(43-9-5-35(67-43)21-31(1)65-32)61-57-49(27)53-47(25)55-51(29)59-60(64(42)72-63(41)59)52(30)56(55)48(26)54(53)50(28)58(57)62(40)71-61/h1-4,13-24,61,63,65-66H,5-12H2. The number of H-pyrrole nitrogens is 2. The fourth-order valence-electron chi connectivity index (χ4n) is 15.9. The summed E-state index contributed by atoms with van der Waals surface area (Å²) in [5.41, 5.74) is 18.9. The van der Waals surface area contributed by atoms with Crippen molar-refractivity contribution < 1.29 is 0 Å². The van der Waals surface area contributed by atoms with Crippen LogP contribution in [0.4, 0.5) is 0 Å². The van der Waals surface area contributed by atoms with Gasteiger partial charge in [0.1, 0.15) is 12.1 Å². The number of aromatic amines is 2. The average molecular weight is 917 g/mol. The molecule has 0 radical (unpaired) electrons. The molecule has 0 fully saturated rings. The van der Waals surface area contributed by atoms with Gasteiger partial charge in [-0.2, -0.15) is 0 Å². The molecule has 2 atom stereocenters. The Hall–Kier alpha value is -8.62. The lowest BCUT2D eigenvalue weighted by atomic mass is 9.72. The average Bonchev–Trinajstić information content (AvgIpc) is 4.25. The minimum absolute atomic E-state index is 0.143. The van der Waals surface area contributed by atoms with Gasteiger partial charge in [0, 0.05) is 99.8 Å². The van der Waals surface area contributed by atoms with Crippen LogP contribution < -0.4 is 31.9 Å². The second kappa shape index (κ2) is 11.4. The van der Waals surface area contributed by atoms with Gasteiger partial charge in [0.2, 0.25) is 0 Å². The number of aliphatic imine (C=N–C) groups is 4. The van der Waals surface area contributed by atoms with E-state index in [-0.39, 0.29) is 12.1 Å². The first-order chi connectivity index (χ1) is 35.6. The Labute approximate surface area is 407 Å². The summed E-state index contributed by atoms with van der Waals surface area (Å²) in [6.45, 7) is 0. The Balaban J connectivity index is 0.999. The van der Waals surface area contributed by atoms with Gasteiger partial charge in [-0.25, -0.2) is 0 Å². The number of hydrogen-bond acceptors (Lipinski definition) is 6. The molecule has 2 N–H and O–H groups in total. The zero-order chi connectivity index (χ0) is 45.7. The van der Waals surface area contributed by atoms with Crippen LogP contribution in [0.15, 0.2) is 119 Å². The topological polar surface area (TPSA) is 106 Å². The third-order valence-electron chi connectivity index (χ3n) is 18.5. The van der Waals surface area contributed by atoms with Crippen LogP contribution in [-0.2, 0) is 0 Å². The molecule has 2 unspecified atom stereocenters. The molecule has 10 aliphatic rings. The summed E-state index contributed by atoms with van der Waals surface area (Å²) >= 11 is 0. The minimum atomic E-state index is -0.143. The summed E-state index contributed by atoms with van der Waals surface area (Å²) in [5.74, 6) is 0. The van der Waals surface area contributed by atoms with E-state index < -0.39 is 0 Å². The molecule has 2 aromatic heterocycles. The highest BCUT2D eigenvalue weighted by Gasteiger charge is 2.41. The monoisotopic (exact) mass is 916 g/mol. The number of hydrogen-bond donors (Lipinski definition) is 2. The quantitative estimate of drug-likeness (QED) is 0.112. The second-order valence-electron chi connectivity index (χ2n) is 22.2. The fraction of sp³-hybridized carbons (Fsp3) is 0.156. The van der Waals surface area contributed by atoms with Crippen LogP contribution in [-0.4, -0.2) is 32.8 Å². The van der Waals surface area contributed by atoms with Crippen LogP contribution in [0.5, 0.6) is 0 Å². The number of fused-ring (bicyclic) bond motifs is 10. The van der Waals surface area contributed by atoms with E-state index >= 15 is 0 Å². The van der Waals surface area contributed by atoms with Gasteiger partial charge in [0.05, 0.1) is 22.1 Å². The molecule has 10 heterocycles. The zero-order valence-corrected chi connectivity index (χ0v) is 38.7. The maximum absolute atomic E-state index is 5.95. The molecular formula is C64H36N8. The number of aromatic nitrogens is 2. The van der Waals surface area contributed by atoms with E-state index in [4.69, 9.17) is 30.0 Å². The smallest absolute Gasteiger partial charge is 0.104 e. The summed E-state index contributed by atoms with van der Waals surface area (Å²) in [5, 5.41) is 28.5. The van der Waals surface area contributed by atoms with E-state index in [1.807, 2.05) is 0 Å². The molecule has 21 rings (SSSR count). The van der Waals surface area contributed by atoms with E-state index in [0.717, 1.165) is 130 Å². The molecule has 8 heteroatoms. The van der Waals surface area contributed by atoms with Crippen LogP contribution >= 0.6 is 0 Å². The molecule has 8 aliphatic heterocycles. The minimum Gasteiger partial charge on any atom is -0.355 e. The van der Waals surface area contributed by atoms with Crippen LogP contribution in [0, 0.1) is 0 Å². The largest absolute Gasteiger partial charge is 0.355 e. The fourth-order valence-corrected chi connectivity index (χ4v) is 15.9. The Bertz CT molecular complexity index is 5380. The Morgan fingerprint density at radius 3 is 1.85 bits per heavy atom. The first-order valence-corrected chi connectivity index (χ1v) is 26.0. The lowest BCUT2D eigenvalue weighted by Gasteiger charge is -2.30. The van der Waals surface area contributed by atoms with Gasteiger partial charge >= 0.3 is 0 Å². The molecule has 0 amide bonds. The summed E-state index contributed by atoms with van der Waals surface area (Å²) in [6.07, 6.45) is 21.1. The molecule has 2 aliphatic carbocycles. The van der Waals surface area contributed by atoms with E-state index in [1.165, 1.54) is 130 Å². The second-order valence-corrected chi connectivity index (χ2v) is 22.2. The van der Waals surface area contributed by atoms with Gasteiger partial charge in [0.15, 0.2) is 0 Å². The van der Waals surface area contributed by atoms with Crippen molar-refractivity contribution in [2.75, 3.05) is 0 Å². The van der Waals surface area contributed by atoms with E-state index in [0.29, 0.717) is 0 Å². The maximum Gasteiger partial charge on any atom is 0.104 e. The third-order valence-corrected chi connectivity index (χ3v) is 18.5. The Morgan fingerprint density at radius 1 is 0.417 bits per heavy atom. The van der Waals surface area contributed by atoms with E-state index in [9.17, 15) is 0 Å². The van der Waals surface area contributed by atoms with Crippen molar-refractivity contribution in [3.8, 4) is 0 Å². The predicted molar refractivity (Wildman–Crippen MR) is 293 cm³/mol. The van der Waals surface area contributed by atoms with Crippen LogP contribution in [0.1, 0.15) is 97.1 Å². The first kappa shape index (κ1) is 35.5. The highest BCUT2D eigenvalue weighted by Crippen LogP contribution is 2.59. The van der Waals surface area contributed by atoms with Crippen LogP contribution in [0.3, 0.4) is 0 Å². The highest BCUT2D eigenvalue weighted by atomic mass is 14.9. The van der Waals surface area contributed by atoms with Crippen molar-refractivity contribution in [3.63, 3.8) is 0 Å². The van der Waals surface area contributed by atoms with Crippen LogP contribution in [0.25, 0.3) is 128 Å². The number of nitrogens with one attached hydrogen (secondary N) is 2. The molecule has 16 bridgehead atoms. The molecule has 8 nitrogen and oxygen atoms in total. The third kappa shape index (κ3) is 3.97. The van der Waals surface area contributed by atoms with Crippen molar-refractivity contribution in [1.82, 2.24) is 9.97 Å². The van der Waals surface area contributed by atoms with Gasteiger partial charge in [-0.05, 0) is 235 Å². The lowest BCUT2D eigenvalue weighted by Crippen LogP contribution is -2.26. The SMILES string of the molecule is C1=C2CCC(=N2)C2=Cc3cc4cc5c6c7c8c9c(cc%10cc%11cc%12cc(c%13c%14c(c3c3c4c6c(c%108)c%11c3c%12%14)C2N=%13)C2=NC(=Cc3ccc1[nH]3)CC2)=C1CCC(=N1)C=c1ccc([nH]1)=CC1=NC(=C(C=5)C7N=9)CC1. The van der Waals surface area contributed by atoms with Gasteiger partial charge in [-0.15, -0.1) is 0 Å². The molecule has 0 saturated heterocycles. The summed E-state index contributed by atoms with van der Waals surface area (Å²) in [6, 6.07) is 23.5. The van der Waals surface area contributed by atoms with Crippen LogP contribution in [0.2, 0.25) is 0 Å². The predicted octanol–water partition coefficient (Wildman–Crippen LogP) is 10.2. The van der Waals surface area contributed by atoms with Gasteiger partial charge in [-0.3, -0.25) is 30.0 Å². The van der Waals surface area contributed by atoms with Crippen molar-refractivity contribution in [2.45, 2.75) is 63.5 Å². The lowest BCUT2D eigenvalue weighted by molar-refractivity contribution is 0.856. The summed E-state index contributed by atoms with van der Waals surface area (Å²) in [4.78, 5) is 41.0. The normalized spacial score (nSPS) is 21.7. The van der Waals surface area contributed by atoms with Crippen molar-refractivity contribution in [2.24, 2.45) is 30.0 Å². The van der Waals surface area contributed by atoms with Crippen molar-refractivity contribution in [1.29, 1.82) is 0 Å². The van der Waals surface area contributed by atoms with Crippen molar-refractivity contribution in [3.05, 3.63) is 154 Å². The van der Waals surface area contributed by atoms with Crippen molar-refractivity contribution >= 4 is 151 Å². The zero-order valence-electron chi connectivity index (χ0n) is 38.7. The van der Waals surface area contributed by atoms with Gasteiger partial charge in [0.25, 0.3) is 0 Å². The number of benzene rings is 9. The molecular weight excluding hydrogens is 881 g/mol. The summed E-state index contributed by atoms with van der Waals surface area (Å²) in [7, 11) is 0. The molecule has 9 aromatic carbocycles. The van der Waals surface area contributed by atoms with E-state index in [1.54, 1.807) is 0 Å². The first-order valence-electron chi connectivity index (χ1n) is 26.0. The highest BCUT2D eigenvalue weighted by molar-refractivity contribution is 6.51. The number of rotatable bonds is 0. The molecule has 0 spiro atoms. The Morgan fingerprint density at radius 2 is 1.04 bits per heavy atom. The maximum atomic E-state index is 5.95. The van der Waals surface area contributed by atoms with Gasteiger partial charge in [-0.1, -0.05) is 0 Å². The Kier molecular flexibility index (Phi) is 5.63. The molecule has 332 valence electrons. The van der Waals surface area contributed by atoms with E-state index in [2.05, 4.69) is 107 Å². The molecule has 0 saturated carbocycles. The molecule has 11 aromatic rings. The van der Waals surface area contributed by atoms with Gasteiger partial charge < -0.3 is 9.97 Å². The number of allylic oxidation sites excluding steroid dienone is 3. The summed E-state index contributed by atoms with van der Waals surface area (Å²) < 4.78 is 0. The number of nitrogens with zero attached hydrogens (tertiary/aromatic N) is 6. The molecule has 72 heavy (non-hydrogen) atoms.